The predicted octanol–water partition coefficient (Wildman–Crippen LogP) is 4.51. The molecule has 4 rings (SSSR count). The molecule has 3 heterocycles. The molecule has 1 atom stereocenters. The molecule has 0 aliphatic carbocycles. The molecule has 1 aliphatic rings. The number of aromatic nitrogens is 2. The van der Waals surface area contributed by atoms with Crippen molar-refractivity contribution in [3.8, 4) is 11.4 Å². The molecule has 0 saturated carbocycles. The van der Waals surface area contributed by atoms with Crippen LogP contribution in [0.25, 0.3) is 11.4 Å². The topological polar surface area (TPSA) is 59.2 Å². The highest BCUT2D eigenvalue weighted by atomic mass is 32.1. The monoisotopic (exact) mass is 381 g/mol. The Labute approximate surface area is 163 Å². The molecular weight excluding hydrogens is 358 g/mol. The summed E-state index contributed by atoms with van der Waals surface area (Å²) in [5.41, 5.74) is 4.02. The van der Waals surface area contributed by atoms with E-state index in [1.165, 1.54) is 0 Å². The molecule has 27 heavy (non-hydrogen) atoms. The number of aryl methyl sites for hydroxylation is 2. The Hall–Kier alpha value is -2.47. The lowest BCUT2D eigenvalue weighted by molar-refractivity contribution is 0.0668. The Morgan fingerprint density at radius 1 is 1.30 bits per heavy atom. The number of likely N-dealkylation sites (tertiary alicyclic amines) is 1. The number of hydrogen-bond acceptors (Lipinski definition) is 5. The summed E-state index contributed by atoms with van der Waals surface area (Å²) >= 11 is 1.62. The Bertz CT molecular complexity index is 913. The van der Waals surface area contributed by atoms with Gasteiger partial charge in [-0.3, -0.25) is 4.79 Å². The van der Waals surface area contributed by atoms with Crippen molar-refractivity contribution in [2.24, 2.45) is 5.92 Å². The summed E-state index contributed by atoms with van der Waals surface area (Å²) in [4.78, 5) is 19.4. The first-order valence-electron chi connectivity index (χ1n) is 9.31. The van der Waals surface area contributed by atoms with Crippen molar-refractivity contribution in [1.29, 1.82) is 0 Å². The lowest BCUT2D eigenvalue weighted by Crippen LogP contribution is -2.40. The third-order valence-corrected chi connectivity index (χ3v) is 5.67. The summed E-state index contributed by atoms with van der Waals surface area (Å²) in [5, 5.41) is 8.10. The SMILES string of the molecule is Cc1cc(C)cc(C(=O)N2CCCC(Cc3nc(-c4ccsc4)no3)C2)c1. The van der Waals surface area contributed by atoms with Crippen LogP contribution in [-0.4, -0.2) is 34.0 Å². The smallest absolute Gasteiger partial charge is 0.253 e. The van der Waals surface area contributed by atoms with Gasteiger partial charge >= 0.3 is 0 Å². The average molecular weight is 382 g/mol. The van der Waals surface area contributed by atoms with Gasteiger partial charge < -0.3 is 9.42 Å². The minimum absolute atomic E-state index is 0.121. The van der Waals surface area contributed by atoms with Gasteiger partial charge in [0.1, 0.15) is 0 Å². The van der Waals surface area contributed by atoms with Crippen LogP contribution in [0.1, 0.15) is 40.2 Å². The molecule has 1 unspecified atom stereocenters. The van der Waals surface area contributed by atoms with Crippen LogP contribution in [0, 0.1) is 19.8 Å². The standard InChI is InChI=1S/C21H23N3O2S/c1-14-8-15(2)10-18(9-14)21(25)24-6-3-4-16(12-24)11-19-22-20(23-26-19)17-5-7-27-13-17/h5,7-10,13,16H,3-4,6,11-12H2,1-2H3. The number of piperidine rings is 1. The number of carbonyl (C=O) groups is 1. The van der Waals surface area contributed by atoms with Gasteiger partial charge in [0.25, 0.3) is 5.91 Å². The summed E-state index contributed by atoms with van der Waals surface area (Å²) < 4.78 is 5.44. The molecule has 140 valence electrons. The van der Waals surface area contributed by atoms with E-state index in [1.54, 1.807) is 11.3 Å². The van der Waals surface area contributed by atoms with Crippen LogP contribution < -0.4 is 0 Å². The second kappa shape index (κ2) is 7.64. The molecule has 1 fully saturated rings. The van der Waals surface area contributed by atoms with E-state index in [-0.39, 0.29) is 5.91 Å². The Morgan fingerprint density at radius 2 is 2.11 bits per heavy atom. The maximum Gasteiger partial charge on any atom is 0.253 e. The molecule has 1 aliphatic heterocycles. The largest absolute Gasteiger partial charge is 0.339 e. The number of nitrogens with zero attached hydrogens (tertiary/aromatic N) is 3. The fourth-order valence-corrected chi connectivity index (χ4v) is 4.42. The van der Waals surface area contributed by atoms with Crippen molar-refractivity contribution in [3.63, 3.8) is 0 Å². The molecule has 1 amide bonds. The highest BCUT2D eigenvalue weighted by Gasteiger charge is 2.26. The molecule has 6 heteroatoms. The van der Waals surface area contributed by atoms with Gasteiger partial charge in [0.05, 0.1) is 0 Å². The molecular formula is C21H23N3O2S. The second-order valence-corrected chi connectivity index (χ2v) is 8.14. The molecule has 1 aromatic carbocycles. The van der Waals surface area contributed by atoms with Gasteiger partial charge in [0.15, 0.2) is 0 Å². The highest BCUT2D eigenvalue weighted by molar-refractivity contribution is 7.08. The van der Waals surface area contributed by atoms with Gasteiger partial charge in [0, 0.05) is 36.0 Å². The van der Waals surface area contributed by atoms with Crippen molar-refractivity contribution < 1.29 is 9.32 Å². The average Bonchev–Trinajstić information content (AvgIpc) is 3.32. The first-order valence-corrected chi connectivity index (χ1v) is 10.3. The van der Waals surface area contributed by atoms with E-state index in [1.807, 2.05) is 47.7 Å². The Morgan fingerprint density at radius 3 is 2.85 bits per heavy atom. The third-order valence-electron chi connectivity index (χ3n) is 4.99. The van der Waals surface area contributed by atoms with Crippen molar-refractivity contribution >= 4 is 17.2 Å². The van der Waals surface area contributed by atoms with Gasteiger partial charge in [-0.2, -0.15) is 16.3 Å². The van der Waals surface area contributed by atoms with Crippen LogP contribution in [0.5, 0.6) is 0 Å². The number of carbonyl (C=O) groups excluding carboxylic acids is 1. The second-order valence-electron chi connectivity index (χ2n) is 7.36. The molecule has 0 spiro atoms. The molecule has 0 N–H and O–H groups in total. The molecule has 3 aromatic rings. The zero-order valence-electron chi connectivity index (χ0n) is 15.6. The maximum atomic E-state index is 12.9. The van der Waals surface area contributed by atoms with Crippen LogP contribution in [0.15, 0.2) is 39.5 Å². The summed E-state index contributed by atoms with van der Waals surface area (Å²) in [6, 6.07) is 8.04. The number of thiophene rings is 1. The van der Waals surface area contributed by atoms with Crippen LogP contribution in [-0.2, 0) is 6.42 Å². The number of hydrogen-bond donors (Lipinski definition) is 0. The van der Waals surface area contributed by atoms with E-state index >= 15 is 0 Å². The fourth-order valence-electron chi connectivity index (χ4n) is 3.79. The zero-order chi connectivity index (χ0) is 18.8. The highest BCUT2D eigenvalue weighted by Crippen LogP contribution is 2.24. The molecule has 0 bridgehead atoms. The van der Waals surface area contributed by atoms with E-state index in [0.717, 1.165) is 48.2 Å². The molecule has 1 saturated heterocycles. The van der Waals surface area contributed by atoms with E-state index in [9.17, 15) is 4.79 Å². The minimum atomic E-state index is 0.121. The van der Waals surface area contributed by atoms with E-state index in [2.05, 4.69) is 16.2 Å². The summed E-state index contributed by atoms with van der Waals surface area (Å²) in [6.45, 7) is 5.61. The van der Waals surface area contributed by atoms with Crippen molar-refractivity contribution in [3.05, 3.63) is 57.6 Å². The van der Waals surface area contributed by atoms with Crippen molar-refractivity contribution in [1.82, 2.24) is 15.0 Å². The lowest BCUT2D eigenvalue weighted by atomic mass is 9.94. The van der Waals surface area contributed by atoms with Gasteiger partial charge in [-0.05, 0) is 56.2 Å². The number of amides is 1. The molecule has 2 aromatic heterocycles. The fraction of sp³-hybridized carbons (Fsp3) is 0.381. The summed E-state index contributed by atoms with van der Waals surface area (Å²) in [7, 11) is 0. The lowest BCUT2D eigenvalue weighted by Gasteiger charge is -2.32. The van der Waals surface area contributed by atoms with Gasteiger partial charge in [-0.1, -0.05) is 22.3 Å². The normalized spacial score (nSPS) is 17.3. The minimum Gasteiger partial charge on any atom is -0.339 e. The first-order chi connectivity index (χ1) is 13.1. The first kappa shape index (κ1) is 17.9. The summed E-state index contributed by atoms with van der Waals surface area (Å²) in [6.07, 6.45) is 2.80. The predicted molar refractivity (Wildman–Crippen MR) is 106 cm³/mol. The van der Waals surface area contributed by atoms with Gasteiger partial charge in [0.2, 0.25) is 11.7 Å². The van der Waals surface area contributed by atoms with Crippen LogP contribution in [0.4, 0.5) is 0 Å². The van der Waals surface area contributed by atoms with Gasteiger partial charge in [-0.15, -0.1) is 0 Å². The number of benzene rings is 1. The van der Waals surface area contributed by atoms with E-state index in [0.29, 0.717) is 24.1 Å². The van der Waals surface area contributed by atoms with Crippen molar-refractivity contribution in [2.45, 2.75) is 33.1 Å². The number of rotatable bonds is 4. The summed E-state index contributed by atoms with van der Waals surface area (Å²) in [5.74, 6) is 1.77. The van der Waals surface area contributed by atoms with Crippen LogP contribution >= 0.6 is 11.3 Å². The molecule has 0 radical (unpaired) electrons. The van der Waals surface area contributed by atoms with E-state index in [4.69, 9.17) is 4.52 Å². The Kier molecular flexibility index (Phi) is 5.07. The molecule has 5 nitrogen and oxygen atoms in total. The van der Waals surface area contributed by atoms with Crippen molar-refractivity contribution in [2.75, 3.05) is 13.1 Å². The van der Waals surface area contributed by atoms with E-state index < -0.39 is 0 Å². The maximum absolute atomic E-state index is 12.9. The zero-order valence-corrected chi connectivity index (χ0v) is 16.5. The van der Waals surface area contributed by atoms with Crippen LogP contribution in [0.3, 0.4) is 0 Å². The quantitative estimate of drug-likeness (QED) is 0.667. The third kappa shape index (κ3) is 4.11. The van der Waals surface area contributed by atoms with Gasteiger partial charge in [-0.25, -0.2) is 0 Å². The Balaban J connectivity index is 1.43. The van der Waals surface area contributed by atoms with Crippen LogP contribution in [0.2, 0.25) is 0 Å².